The lowest BCUT2D eigenvalue weighted by Gasteiger charge is -2.37. The molecular weight excluding hydrogens is 400 g/mol. The molecule has 2 aromatic carbocycles. The van der Waals surface area contributed by atoms with Crippen LogP contribution < -0.4 is 4.72 Å². The molecular formula is C20H21F2N3O3S. The van der Waals surface area contributed by atoms with Crippen LogP contribution in [-0.4, -0.2) is 56.3 Å². The van der Waals surface area contributed by atoms with Crippen molar-refractivity contribution >= 4 is 21.6 Å². The van der Waals surface area contributed by atoms with E-state index in [0.29, 0.717) is 19.1 Å². The normalized spacial score (nSPS) is 19.8. The number of rotatable bonds is 4. The van der Waals surface area contributed by atoms with E-state index in [0.717, 1.165) is 38.1 Å². The van der Waals surface area contributed by atoms with Crippen LogP contribution in [0, 0.1) is 11.6 Å². The molecule has 1 amide bonds. The molecule has 2 heterocycles. The number of benzene rings is 2. The van der Waals surface area contributed by atoms with E-state index >= 15 is 0 Å². The van der Waals surface area contributed by atoms with Crippen molar-refractivity contribution in [1.82, 2.24) is 9.80 Å². The molecule has 0 spiro atoms. The molecule has 2 aliphatic rings. The molecule has 2 saturated heterocycles. The Labute approximate surface area is 168 Å². The molecule has 0 aliphatic carbocycles. The zero-order chi connectivity index (χ0) is 20.6. The number of hydrogen-bond acceptors (Lipinski definition) is 4. The number of sulfonamides is 1. The highest BCUT2D eigenvalue weighted by molar-refractivity contribution is 7.92. The second kappa shape index (κ2) is 7.72. The Morgan fingerprint density at radius 3 is 2.69 bits per heavy atom. The molecule has 4 rings (SSSR count). The molecule has 2 aromatic rings. The largest absolute Gasteiger partial charge is 0.336 e. The highest BCUT2D eigenvalue weighted by atomic mass is 32.2. The molecule has 2 aliphatic heterocycles. The van der Waals surface area contributed by atoms with Crippen LogP contribution in [0.2, 0.25) is 0 Å². The molecule has 154 valence electrons. The Balaban J connectivity index is 1.54. The third-order valence-corrected chi connectivity index (χ3v) is 6.82. The number of nitrogens with one attached hydrogen (secondary N) is 1. The van der Waals surface area contributed by atoms with Gasteiger partial charge >= 0.3 is 0 Å². The first-order valence-electron chi connectivity index (χ1n) is 9.45. The molecule has 0 saturated carbocycles. The van der Waals surface area contributed by atoms with Gasteiger partial charge in [-0.2, -0.15) is 0 Å². The smallest absolute Gasteiger partial charge is 0.262 e. The number of carbonyl (C=O) groups excluding carboxylic acids is 1. The summed E-state index contributed by atoms with van der Waals surface area (Å²) >= 11 is 0. The predicted molar refractivity (Wildman–Crippen MR) is 104 cm³/mol. The van der Waals surface area contributed by atoms with E-state index in [1.807, 2.05) is 4.72 Å². The van der Waals surface area contributed by atoms with Gasteiger partial charge in [0.1, 0.15) is 0 Å². The van der Waals surface area contributed by atoms with Crippen molar-refractivity contribution in [2.45, 2.75) is 23.8 Å². The summed E-state index contributed by atoms with van der Waals surface area (Å²) in [5.74, 6) is -2.66. The molecule has 0 unspecified atom stereocenters. The average molecular weight is 421 g/mol. The summed E-state index contributed by atoms with van der Waals surface area (Å²) in [4.78, 5) is 16.8. The van der Waals surface area contributed by atoms with Crippen LogP contribution in [0.4, 0.5) is 14.5 Å². The summed E-state index contributed by atoms with van der Waals surface area (Å²) < 4.78 is 54.5. The fraction of sp³-hybridized carbons (Fsp3) is 0.350. The zero-order valence-electron chi connectivity index (χ0n) is 15.6. The second-order valence-corrected chi connectivity index (χ2v) is 9.00. The summed E-state index contributed by atoms with van der Waals surface area (Å²) in [5, 5.41) is 0. The number of hydrogen-bond donors (Lipinski definition) is 1. The zero-order valence-corrected chi connectivity index (χ0v) is 16.5. The molecule has 6 nitrogen and oxygen atoms in total. The van der Waals surface area contributed by atoms with Crippen molar-refractivity contribution < 1.29 is 22.0 Å². The van der Waals surface area contributed by atoms with Crippen LogP contribution in [0.5, 0.6) is 0 Å². The maximum Gasteiger partial charge on any atom is 0.262 e. The van der Waals surface area contributed by atoms with Gasteiger partial charge in [0.05, 0.1) is 10.6 Å². The van der Waals surface area contributed by atoms with E-state index in [1.54, 1.807) is 11.0 Å². The fourth-order valence-corrected chi connectivity index (χ4v) is 5.05. The van der Waals surface area contributed by atoms with Gasteiger partial charge in [0.25, 0.3) is 15.9 Å². The first-order valence-corrected chi connectivity index (χ1v) is 10.9. The van der Waals surface area contributed by atoms with E-state index in [-0.39, 0.29) is 16.4 Å². The lowest BCUT2D eigenvalue weighted by Crippen LogP contribution is -2.52. The molecule has 0 aromatic heterocycles. The Bertz CT molecular complexity index is 1050. The highest BCUT2D eigenvalue weighted by Gasteiger charge is 2.33. The summed E-state index contributed by atoms with van der Waals surface area (Å²) in [6.07, 6.45) is 2.18. The standard InChI is InChI=1S/C20H21F2N3O3S/c21-17-7-2-8-18(19(17)22)23-29(27,28)16-6-1-4-14(12-16)20(26)25-11-10-24-9-3-5-15(24)13-25/h1-2,4,6-8,12,15,23H,3,5,9-11,13H2/t15-/m0/s1. The van der Waals surface area contributed by atoms with Crippen LogP contribution in [0.1, 0.15) is 23.2 Å². The van der Waals surface area contributed by atoms with Crippen LogP contribution >= 0.6 is 0 Å². The molecule has 0 radical (unpaired) electrons. The number of anilines is 1. The van der Waals surface area contributed by atoms with Crippen LogP contribution in [0.25, 0.3) is 0 Å². The van der Waals surface area contributed by atoms with Crippen molar-refractivity contribution in [1.29, 1.82) is 0 Å². The van der Waals surface area contributed by atoms with E-state index in [9.17, 15) is 22.0 Å². The third-order valence-electron chi connectivity index (χ3n) is 5.46. The van der Waals surface area contributed by atoms with Gasteiger partial charge in [-0.05, 0) is 49.7 Å². The maximum absolute atomic E-state index is 13.8. The quantitative estimate of drug-likeness (QED) is 0.824. The van der Waals surface area contributed by atoms with E-state index in [4.69, 9.17) is 0 Å². The van der Waals surface area contributed by atoms with Gasteiger partial charge in [0, 0.05) is 31.2 Å². The minimum Gasteiger partial charge on any atom is -0.336 e. The number of nitrogens with zero attached hydrogens (tertiary/aromatic N) is 2. The van der Waals surface area contributed by atoms with Crippen molar-refractivity contribution in [2.75, 3.05) is 30.9 Å². The highest BCUT2D eigenvalue weighted by Crippen LogP contribution is 2.24. The minimum absolute atomic E-state index is 0.188. The molecule has 9 heteroatoms. The summed E-state index contributed by atoms with van der Waals surface area (Å²) in [6.45, 7) is 3.10. The van der Waals surface area contributed by atoms with Gasteiger partial charge in [0.2, 0.25) is 0 Å². The van der Waals surface area contributed by atoms with Gasteiger partial charge in [0.15, 0.2) is 11.6 Å². The lowest BCUT2D eigenvalue weighted by molar-refractivity contribution is 0.0571. The van der Waals surface area contributed by atoms with Crippen LogP contribution in [0.15, 0.2) is 47.4 Å². The Morgan fingerprint density at radius 1 is 1.07 bits per heavy atom. The van der Waals surface area contributed by atoms with Crippen LogP contribution in [-0.2, 0) is 10.0 Å². The van der Waals surface area contributed by atoms with Crippen molar-refractivity contribution in [3.63, 3.8) is 0 Å². The minimum atomic E-state index is -4.19. The van der Waals surface area contributed by atoms with Gasteiger partial charge in [-0.15, -0.1) is 0 Å². The predicted octanol–water partition coefficient (Wildman–Crippen LogP) is 2.69. The van der Waals surface area contributed by atoms with E-state index in [2.05, 4.69) is 4.90 Å². The first-order chi connectivity index (χ1) is 13.8. The molecule has 1 atom stereocenters. The molecule has 2 fully saturated rings. The summed E-state index contributed by atoms with van der Waals surface area (Å²) in [5.41, 5.74) is -0.238. The Morgan fingerprint density at radius 2 is 1.86 bits per heavy atom. The number of halogens is 2. The van der Waals surface area contributed by atoms with Crippen molar-refractivity contribution in [3.8, 4) is 0 Å². The van der Waals surface area contributed by atoms with Crippen molar-refractivity contribution in [3.05, 3.63) is 59.7 Å². The number of fused-ring (bicyclic) bond motifs is 1. The molecule has 29 heavy (non-hydrogen) atoms. The van der Waals surface area contributed by atoms with Crippen LogP contribution in [0.3, 0.4) is 0 Å². The van der Waals surface area contributed by atoms with E-state index < -0.39 is 27.3 Å². The molecule has 1 N–H and O–H groups in total. The summed E-state index contributed by atoms with van der Waals surface area (Å²) in [7, 11) is -4.19. The first kappa shape index (κ1) is 19.8. The monoisotopic (exact) mass is 421 g/mol. The van der Waals surface area contributed by atoms with Crippen molar-refractivity contribution in [2.24, 2.45) is 0 Å². The van der Waals surface area contributed by atoms with Gasteiger partial charge in [-0.1, -0.05) is 12.1 Å². The number of piperazine rings is 1. The lowest BCUT2D eigenvalue weighted by atomic mass is 10.1. The topological polar surface area (TPSA) is 69.7 Å². The maximum atomic E-state index is 13.8. The van der Waals surface area contributed by atoms with Gasteiger partial charge in [-0.25, -0.2) is 17.2 Å². The average Bonchev–Trinajstić information content (AvgIpc) is 3.19. The summed E-state index contributed by atoms with van der Waals surface area (Å²) in [6, 6.07) is 9.20. The van der Waals surface area contributed by atoms with Gasteiger partial charge < -0.3 is 4.90 Å². The fourth-order valence-electron chi connectivity index (χ4n) is 3.94. The third kappa shape index (κ3) is 3.97. The second-order valence-electron chi connectivity index (χ2n) is 7.32. The van der Waals surface area contributed by atoms with Gasteiger partial charge in [-0.3, -0.25) is 14.4 Å². The SMILES string of the molecule is O=C(c1cccc(S(=O)(=O)Nc2cccc(F)c2F)c1)N1CCN2CCC[C@H]2C1. The number of carbonyl (C=O) groups is 1. The number of amides is 1. The molecule has 0 bridgehead atoms. The Kier molecular flexibility index (Phi) is 5.26. The van der Waals surface area contributed by atoms with E-state index in [1.165, 1.54) is 24.3 Å². The Hall–Kier alpha value is -2.52.